The summed E-state index contributed by atoms with van der Waals surface area (Å²) in [6.45, 7) is 2.17. The van der Waals surface area contributed by atoms with Crippen molar-refractivity contribution in [2.45, 2.75) is 6.36 Å². The number of aromatic nitrogens is 3. The second kappa shape index (κ2) is 8.15. The molecule has 0 aliphatic carbocycles. The van der Waals surface area contributed by atoms with Crippen LogP contribution in [-0.2, 0) is 4.74 Å². The van der Waals surface area contributed by atoms with Crippen LogP contribution in [0.4, 0.5) is 13.2 Å². The first kappa shape index (κ1) is 19.9. The van der Waals surface area contributed by atoms with Gasteiger partial charge in [0.2, 0.25) is 0 Å². The summed E-state index contributed by atoms with van der Waals surface area (Å²) in [4.78, 5) is 18.6. The Balaban J connectivity index is 1.46. The van der Waals surface area contributed by atoms with Crippen molar-refractivity contribution in [2.75, 3.05) is 26.3 Å². The van der Waals surface area contributed by atoms with Gasteiger partial charge in [0.05, 0.1) is 36.4 Å². The first-order valence-electron chi connectivity index (χ1n) is 9.13. The molecule has 1 aromatic carbocycles. The van der Waals surface area contributed by atoms with Gasteiger partial charge in [0.25, 0.3) is 5.91 Å². The second-order valence-electron chi connectivity index (χ2n) is 6.55. The van der Waals surface area contributed by atoms with E-state index in [0.29, 0.717) is 48.8 Å². The standard InChI is InChI=1S/C20H17F3N4O3/c21-20(22,23)30-17-4-2-16(3-5-17)27-13-15(12-25-27)18-6-1-14(11-24-18)19(28)26-7-9-29-10-8-26/h1-6,11-13H,7-10H2. The molecule has 0 atom stereocenters. The van der Waals surface area contributed by atoms with Crippen molar-refractivity contribution in [1.82, 2.24) is 19.7 Å². The van der Waals surface area contributed by atoms with E-state index in [2.05, 4.69) is 14.8 Å². The molecule has 3 heterocycles. The zero-order valence-corrected chi connectivity index (χ0v) is 15.7. The maximum atomic E-state index is 12.5. The molecule has 30 heavy (non-hydrogen) atoms. The van der Waals surface area contributed by atoms with Gasteiger partial charge in [-0.2, -0.15) is 5.10 Å². The molecule has 1 aliphatic rings. The highest BCUT2D eigenvalue weighted by molar-refractivity contribution is 5.94. The molecule has 1 amide bonds. The molecule has 0 unspecified atom stereocenters. The Morgan fingerprint density at radius 1 is 1.03 bits per heavy atom. The summed E-state index contributed by atoms with van der Waals surface area (Å²) < 4.78 is 47.4. The number of alkyl halides is 3. The van der Waals surface area contributed by atoms with E-state index >= 15 is 0 Å². The van der Waals surface area contributed by atoms with Gasteiger partial charge in [0.1, 0.15) is 5.75 Å². The lowest BCUT2D eigenvalue weighted by molar-refractivity contribution is -0.274. The van der Waals surface area contributed by atoms with Crippen molar-refractivity contribution in [2.24, 2.45) is 0 Å². The van der Waals surface area contributed by atoms with Crippen LogP contribution in [0.1, 0.15) is 10.4 Å². The fourth-order valence-electron chi connectivity index (χ4n) is 3.04. The highest BCUT2D eigenvalue weighted by Crippen LogP contribution is 2.24. The number of rotatable bonds is 4. The van der Waals surface area contributed by atoms with E-state index in [0.717, 1.165) is 0 Å². The van der Waals surface area contributed by atoms with E-state index in [9.17, 15) is 18.0 Å². The van der Waals surface area contributed by atoms with Gasteiger partial charge in [-0.15, -0.1) is 13.2 Å². The van der Waals surface area contributed by atoms with Gasteiger partial charge in [-0.05, 0) is 36.4 Å². The number of carbonyl (C=O) groups excluding carboxylic acids is 1. The Labute approximate surface area is 169 Å². The highest BCUT2D eigenvalue weighted by Gasteiger charge is 2.31. The van der Waals surface area contributed by atoms with Crippen LogP contribution in [-0.4, -0.2) is 58.2 Å². The Bertz CT molecular complexity index is 1010. The smallest absolute Gasteiger partial charge is 0.406 e. The summed E-state index contributed by atoms with van der Waals surface area (Å²) in [5.74, 6) is -0.393. The summed E-state index contributed by atoms with van der Waals surface area (Å²) in [6, 6.07) is 8.81. The minimum absolute atomic E-state index is 0.0887. The average Bonchev–Trinajstić information content (AvgIpc) is 3.24. The molecule has 0 spiro atoms. The number of morpholine rings is 1. The molecule has 0 radical (unpaired) electrons. The molecule has 156 valence electrons. The predicted molar refractivity (Wildman–Crippen MR) is 100 cm³/mol. The number of hydrogen-bond acceptors (Lipinski definition) is 5. The molecular formula is C20H17F3N4O3. The monoisotopic (exact) mass is 418 g/mol. The number of amides is 1. The highest BCUT2D eigenvalue weighted by atomic mass is 19.4. The van der Waals surface area contributed by atoms with E-state index in [-0.39, 0.29) is 11.7 Å². The number of hydrogen-bond donors (Lipinski definition) is 0. The van der Waals surface area contributed by atoms with Crippen LogP contribution in [0.15, 0.2) is 55.0 Å². The lowest BCUT2D eigenvalue weighted by atomic mass is 10.2. The molecule has 0 bridgehead atoms. The molecule has 1 aliphatic heterocycles. The fourth-order valence-corrected chi connectivity index (χ4v) is 3.04. The largest absolute Gasteiger partial charge is 0.573 e. The Morgan fingerprint density at radius 2 is 1.77 bits per heavy atom. The molecule has 4 rings (SSSR count). The summed E-state index contributed by atoms with van der Waals surface area (Å²) in [6.07, 6.45) is 0.0759. The van der Waals surface area contributed by atoms with Crippen LogP contribution in [0.2, 0.25) is 0 Å². The van der Waals surface area contributed by atoms with Gasteiger partial charge < -0.3 is 14.4 Å². The molecule has 0 N–H and O–H groups in total. The molecule has 7 nitrogen and oxygen atoms in total. The number of carbonyl (C=O) groups is 1. The SMILES string of the molecule is O=C(c1ccc(-c2cnn(-c3ccc(OC(F)(F)F)cc3)c2)nc1)N1CCOCC1. The molecule has 3 aromatic rings. The summed E-state index contributed by atoms with van der Waals surface area (Å²) in [7, 11) is 0. The summed E-state index contributed by atoms with van der Waals surface area (Å²) in [5, 5.41) is 4.22. The fraction of sp³-hybridized carbons (Fsp3) is 0.250. The van der Waals surface area contributed by atoms with Crippen molar-refractivity contribution in [3.05, 3.63) is 60.6 Å². The topological polar surface area (TPSA) is 69.5 Å². The van der Waals surface area contributed by atoms with Crippen LogP contribution in [0.25, 0.3) is 16.9 Å². The number of pyridine rings is 1. The van der Waals surface area contributed by atoms with Gasteiger partial charge in [0, 0.05) is 31.0 Å². The van der Waals surface area contributed by atoms with E-state index in [4.69, 9.17) is 4.74 Å². The average molecular weight is 418 g/mol. The van der Waals surface area contributed by atoms with Crippen molar-refractivity contribution >= 4 is 5.91 Å². The van der Waals surface area contributed by atoms with Crippen LogP contribution in [0, 0.1) is 0 Å². The molecule has 1 fully saturated rings. The van der Waals surface area contributed by atoms with Gasteiger partial charge in [-0.25, -0.2) is 4.68 Å². The normalized spacial score (nSPS) is 14.6. The lowest BCUT2D eigenvalue weighted by Crippen LogP contribution is -2.40. The third kappa shape index (κ3) is 4.60. The minimum Gasteiger partial charge on any atom is -0.406 e. The van der Waals surface area contributed by atoms with Crippen molar-refractivity contribution < 1.29 is 27.4 Å². The van der Waals surface area contributed by atoms with Gasteiger partial charge in [-0.1, -0.05) is 0 Å². The Morgan fingerprint density at radius 3 is 2.40 bits per heavy atom. The van der Waals surface area contributed by atoms with Crippen LogP contribution in [0.3, 0.4) is 0 Å². The Kier molecular flexibility index (Phi) is 5.40. The van der Waals surface area contributed by atoms with Gasteiger partial charge in [-0.3, -0.25) is 9.78 Å². The predicted octanol–water partition coefficient (Wildman–Crippen LogP) is 3.31. The third-order valence-corrected chi connectivity index (χ3v) is 4.52. The number of ether oxygens (including phenoxy) is 2. The zero-order chi connectivity index (χ0) is 21.1. The van der Waals surface area contributed by atoms with Crippen molar-refractivity contribution in [3.63, 3.8) is 0 Å². The summed E-state index contributed by atoms with van der Waals surface area (Å²) in [5.41, 5.74) is 2.39. The number of halogens is 3. The van der Waals surface area contributed by atoms with Crippen LogP contribution >= 0.6 is 0 Å². The number of benzene rings is 1. The van der Waals surface area contributed by atoms with E-state index in [1.807, 2.05) is 0 Å². The first-order chi connectivity index (χ1) is 14.4. The van der Waals surface area contributed by atoms with Crippen molar-refractivity contribution in [3.8, 4) is 22.7 Å². The van der Waals surface area contributed by atoms with E-state index < -0.39 is 6.36 Å². The summed E-state index contributed by atoms with van der Waals surface area (Å²) >= 11 is 0. The van der Waals surface area contributed by atoms with Gasteiger partial charge in [0.15, 0.2) is 0 Å². The third-order valence-electron chi connectivity index (χ3n) is 4.52. The second-order valence-corrected chi connectivity index (χ2v) is 6.55. The van der Waals surface area contributed by atoms with E-state index in [1.165, 1.54) is 35.1 Å². The molecule has 10 heteroatoms. The molecular weight excluding hydrogens is 401 g/mol. The maximum absolute atomic E-state index is 12.5. The number of nitrogens with zero attached hydrogens (tertiary/aromatic N) is 4. The quantitative estimate of drug-likeness (QED) is 0.650. The molecule has 0 saturated carbocycles. The Hall–Kier alpha value is -3.40. The van der Waals surface area contributed by atoms with Gasteiger partial charge >= 0.3 is 6.36 Å². The van der Waals surface area contributed by atoms with Crippen LogP contribution < -0.4 is 4.74 Å². The minimum atomic E-state index is -4.73. The zero-order valence-electron chi connectivity index (χ0n) is 15.7. The molecule has 2 aromatic heterocycles. The lowest BCUT2D eigenvalue weighted by Gasteiger charge is -2.26. The van der Waals surface area contributed by atoms with Crippen LogP contribution in [0.5, 0.6) is 5.75 Å². The maximum Gasteiger partial charge on any atom is 0.573 e. The first-order valence-corrected chi connectivity index (χ1v) is 9.13. The van der Waals surface area contributed by atoms with E-state index in [1.54, 1.807) is 29.4 Å². The van der Waals surface area contributed by atoms with Crippen molar-refractivity contribution in [1.29, 1.82) is 0 Å². The molecule has 1 saturated heterocycles.